The Hall–Kier alpha value is -2.47. The molecule has 0 aliphatic heterocycles. The van der Waals surface area contributed by atoms with Crippen LogP contribution in [-0.2, 0) is 5.41 Å². The van der Waals surface area contributed by atoms with E-state index in [1.807, 2.05) is 24.3 Å². The Balaban J connectivity index is 2.07. The second kappa shape index (κ2) is 7.19. The molecule has 6 heteroatoms. The van der Waals surface area contributed by atoms with Gasteiger partial charge in [-0.3, -0.25) is 9.59 Å². The van der Waals surface area contributed by atoms with Crippen LogP contribution < -0.4 is 10.9 Å². The first-order valence-corrected chi connectivity index (χ1v) is 8.24. The molecule has 2 aromatic rings. The van der Waals surface area contributed by atoms with Crippen LogP contribution in [0.5, 0.6) is 0 Å². The highest BCUT2D eigenvalue weighted by Crippen LogP contribution is 2.23. The Bertz CT molecular complexity index is 817. The van der Waals surface area contributed by atoms with Crippen molar-refractivity contribution in [3.8, 4) is 0 Å². The van der Waals surface area contributed by atoms with Crippen molar-refractivity contribution in [1.29, 1.82) is 0 Å². The van der Waals surface area contributed by atoms with E-state index in [1.54, 1.807) is 13.8 Å². The number of aromatic amines is 1. The number of aryl methyl sites for hydroxylation is 1. The number of aromatic nitrogens is 2. The molecule has 1 heterocycles. The average molecular weight is 343 g/mol. The van der Waals surface area contributed by atoms with Crippen molar-refractivity contribution in [2.45, 2.75) is 46.1 Å². The zero-order valence-electron chi connectivity index (χ0n) is 15.3. The highest BCUT2D eigenvalue weighted by atomic mass is 16.3. The number of carbonyl (C=O) groups excluding carboxylic acids is 1. The van der Waals surface area contributed by atoms with Gasteiger partial charge in [-0.15, -0.1) is 0 Å². The van der Waals surface area contributed by atoms with Crippen LogP contribution in [0.2, 0.25) is 0 Å². The highest BCUT2D eigenvalue weighted by molar-refractivity contribution is 5.95. The van der Waals surface area contributed by atoms with Gasteiger partial charge < -0.3 is 10.4 Å². The maximum absolute atomic E-state index is 12.3. The van der Waals surface area contributed by atoms with Gasteiger partial charge in [0, 0.05) is 6.54 Å². The van der Waals surface area contributed by atoms with Gasteiger partial charge in [0.1, 0.15) is 5.56 Å². The molecule has 1 aromatic carbocycles. The molecule has 0 fully saturated rings. The Morgan fingerprint density at radius 1 is 1.24 bits per heavy atom. The Morgan fingerprint density at radius 2 is 1.84 bits per heavy atom. The van der Waals surface area contributed by atoms with Crippen molar-refractivity contribution < 1.29 is 9.90 Å². The molecule has 0 spiro atoms. The third-order valence-corrected chi connectivity index (χ3v) is 4.31. The van der Waals surface area contributed by atoms with E-state index in [1.165, 1.54) is 5.56 Å². The van der Waals surface area contributed by atoms with Crippen LogP contribution in [0.3, 0.4) is 0 Å². The lowest BCUT2D eigenvalue weighted by Gasteiger charge is -2.20. The quantitative estimate of drug-likeness (QED) is 0.793. The number of nitrogens with zero attached hydrogens (tertiary/aromatic N) is 1. The number of nitrogens with one attached hydrogen (secondary N) is 2. The van der Waals surface area contributed by atoms with E-state index >= 15 is 0 Å². The maximum Gasteiger partial charge on any atom is 0.277 e. The first kappa shape index (κ1) is 18.9. The summed E-state index contributed by atoms with van der Waals surface area (Å²) in [4.78, 5) is 24.1. The number of aliphatic hydroxyl groups is 1. The van der Waals surface area contributed by atoms with Gasteiger partial charge in [0.25, 0.3) is 11.5 Å². The molecule has 0 radical (unpaired) electrons. The van der Waals surface area contributed by atoms with E-state index in [0.29, 0.717) is 16.8 Å². The van der Waals surface area contributed by atoms with E-state index in [9.17, 15) is 14.7 Å². The molecule has 0 aliphatic rings. The third kappa shape index (κ3) is 4.33. The fraction of sp³-hybridized carbons (Fsp3) is 0.421. The summed E-state index contributed by atoms with van der Waals surface area (Å²) in [6.45, 7) is 9.77. The van der Waals surface area contributed by atoms with Crippen molar-refractivity contribution in [1.82, 2.24) is 15.5 Å². The van der Waals surface area contributed by atoms with Crippen LogP contribution in [0.1, 0.15) is 59.6 Å². The molecule has 1 aromatic heterocycles. The number of rotatable bonds is 4. The normalized spacial score (nSPS) is 12.7. The lowest BCUT2D eigenvalue weighted by atomic mass is 9.86. The molecule has 0 aliphatic carbocycles. The minimum absolute atomic E-state index is 0.0218. The van der Waals surface area contributed by atoms with Crippen LogP contribution in [0, 0.1) is 13.8 Å². The van der Waals surface area contributed by atoms with Gasteiger partial charge in [-0.05, 0) is 36.0 Å². The summed E-state index contributed by atoms with van der Waals surface area (Å²) in [6, 6.07) is 7.65. The predicted molar refractivity (Wildman–Crippen MR) is 96.8 cm³/mol. The zero-order valence-corrected chi connectivity index (χ0v) is 15.3. The monoisotopic (exact) mass is 343 g/mol. The summed E-state index contributed by atoms with van der Waals surface area (Å²) in [5.41, 5.74) is 2.53. The van der Waals surface area contributed by atoms with E-state index in [-0.39, 0.29) is 17.5 Å². The zero-order chi connectivity index (χ0) is 18.8. The number of benzene rings is 1. The number of amides is 1. The number of aliphatic hydroxyl groups excluding tert-OH is 1. The Labute approximate surface area is 147 Å². The summed E-state index contributed by atoms with van der Waals surface area (Å²) in [5, 5.41) is 19.0. The summed E-state index contributed by atoms with van der Waals surface area (Å²) < 4.78 is 0. The van der Waals surface area contributed by atoms with Crippen molar-refractivity contribution >= 4 is 5.91 Å². The minimum Gasteiger partial charge on any atom is -0.387 e. The van der Waals surface area contributed by atoms with Gasteiger partial charge in [0.15, 0.2) is 0 Å². The molecule has 3 N–H and O–H groups in total. The average Bonchev–Trinajstić information content (AvgIpc) is 2.55. The van der Waals surface area contributed by atoms with Crippen molar-refractivity contribution in [3.05, 3.63) is 62.6 Å². The van der Waals surface area contributed by atoms with Gasteiger partial charge >= 0.3 is 0 Å². The number of hydrogen-bond donors (Lipinski definition) is 3. The van der Waals surface area contributed by atoms with Gasteiger partial charge in [-0.25, -0.2) is 5.10 Å². The summed E-state index contributed by atoms with van der Waals surface area (Å²) in [6.07, 6.45) is -0.847. The van der Waals surface area contributed by atoms with Gasteiger partial charge in [0.2, 0.25) is 0 Å². The predicted octanol–water partition coefficient (Wildman–Crippen LogP) is 2.15. The van der Waals surface area contributed by atoms with E-state index in [0.717, 1.165) is 0 Å². The molecular formula is C19H25N3O3. The smallest absolute Gasteiger partial charge is 0.277 e. The van der Waals surface area contributed by atoms with Crippen molar-refractivity contribution in [2.24, 2.45) is 0 Å². The molecule has 0 saturated carbocycles. The molecule has 2 rings (SSSR count). The van der Waals surface area contributed by atoms with Crippen molar-refractivity contribution in [3.63, 3.8) is 0 Å². The minimum atomic E-state index is -0.847. The molecule has 1 atom stereocenters. The molecule has 0 saturated heterocycles. The number of hydrogen-bond acceptors (Lipinski definition) is 4. The summed E-state index contributed by atoms with van der Waals surface area (Å²) in [7, 11) is 0. The van der Waals surface area contributed by atoms with Crippen molar-refractivity contribution in [2.75, 3.05) is 6.54 Å². The first-order valence-electron chi connectivity index (χ1n) is 8.24. The maximum atomic E-state index is 12.3. The number of carbonyl (C=O) groups is 1. The Morgan fingerprint density at radius 3 is 2.40 bits per heavy atom. The summed E-state index contributed by atoms with van der Waals surface area (Å²) >= 11 is 0. The van der Waals surface area contributed by atoms with Crippen LogP contribution >= 0.6 is 0 Å². The first-order chi connectivity index (χ1) is 11.6. The topological polar surface area (TPSA) is 95.1 Å². The highest BCUT2D eigenvalue weighted by Gasteiger charge is 2.18. The molecule has 134 valence electrons. The molecule has 0 bridgehead atoms. The van der Waals surface area contributed by atoms with Crippen LogP contribution in [0.25, 0.3) is 0 Å². The summed E-state index contributed by atoms with van der Waals surface area (Å²) in [5.74, 6) is -0.519. The van der Waals surface area contributed by atoms with Crippen LogP contribution in [0.4, 0.5) is 0 Å². The van der Waals surface area contributed by atoms with E-state index in [4.69, 9.17) is 0 Å². The fourth-order valence-corrected chi connectivity index (χ4v) is 2.50. The third-order valence-electron chi connectivity index (χ3n) is 4.31. The molecule has 6 nitrogen and oxygen atoms in total. The SMILES string of the molecule is Cc1n[nH]c(=O)c(C(=O)NC[C@@H](O)c2ccc(C(C)(C)C)cc2)c1C. The van der Waals surface area contributed by atoms with Gasteiger partial charge in [0.05, 0.1) is 11.8 Å². The molecule has 25 heavy (non-hydrogen) atoms. The molecule has 0 unspecified atom stereocenters. The van der Waals surface area contributed by atoms with Crippen LogP contribution in [-0.4, -0.2) is 27.8 Å². The standard InChI is InChI=1S/C19H25N3O3/c1-11-12(2)21-22-18(25)16(11)17(24)20-10-15(23)13-6-8-14(9-7-13)19(3,4)5/h6-9,15,23H,10H2,1-5H3,(H,20,24)(H,22,25)/t15-/m1/s1. The second-order valence-electron chi connectivity index (χ2n) is 7.24. The lowest BCUT2D eigenvalue weighted by Crippen LogP contribution is -2.34. The number of H-pyrrole nitrogens is 1. The molecule has 1 amide bonds. The lowest BCUT2D eigenvalue weighted by molar-refractivity contribution is 0.0913. The fourth-order valence-electron chi connectivity index (χ4n) is 2.50. The second-order valence-corrected chi connectivity index (χ2v) is 7.24. The Kier molecular flexibility index (Phi) is 5.42. The molecular weight excluding hydrogens is 318 g/mol. The van der Waals surface area contributed by atoms with Gasteiger partial charge in [-0.1, -0.05) is 45.0 Å². The van der Waals surface area contributed by atoms with E-state index < -0.39 is 17.6 Å². The largest absolute Gasteiger partial charge is 0.387 e. The van der Waals surface area contributed by atoms with Gasteiger partial charge in [-0.2, -0.15) is 5.10 Å². The van der Waals surface area contributed by atoms with Crippen LogP contribution in [0.15, 0.2) is 29.1 Å². The van der Waals surface area contributed by atoms with E-state index in [2.05, 4.69) is 36.3 Å².